The molecule has 5 nitrogen and oxygen atoms in total. The number of halogens is 1. The zero-order valence-corrected chi connectivity index (χ0v) is 15.3. The molecule has 0 unspecified atom stereocenters. The number of aryl methyl sites for hydroxylation is 2. The molecule has 0 aromatic heterocycles. The molecule has 0 fully saturated rings. The van der Waals surface area contributed by atoms with E-state index in [9.17, 15) is 13.2 Å². The minimum absolute atomic E-state index is 0.134. The number of hydrogen-bond acceptors (Lipinski definition) is 4. The van der Waals surface area contributed by atoms with Gasteiger partial charge in [-0.15, -0.1) is 0 Å². The van der Waals surface area contributed by atoms with Crippen LogP contribution in [0.2, 0.25) is 0 Å². The van der Waals surface area contributed by atoms with Crippen molar-refractivity contribution in [3.63, 3.8) is 0 Å². The van der Waals surface area contributed by atoms with Crippen molar-refractivity contribution in [1.29, 1.82) is 0 Å². The van der Waals surface area contributed by atoms with Crippen LogP contribution < -0.4 is 4.72 Å². The van der Waals surface area contributed by atoms with Crippen molar-refractivity contribution in [1.82, 2.24) is 0 Å². The molecule has 0 saturated carbocycles. The van der Waals surface area contributed by atoms with E-state index in [1.54, 1.807) is 31.2 Å². The Kier molecular flexibility index (Phi) is 5.11. The van der Waals surface area contributed by atoms with E-state index in [0.717, 1.165) is 5.56 Å². The third-order valence-electron chi connectivity index (χ3n) is 3.25. The van der Waals surface area contributed by atoms with E-state index in [1.165, 1.54) is 19.2 Å². The van der Waals surface area contributed by atoms with Crippen LogP contribution in [-0.2, 0) is 14.8 Å². The molecule has 2 rings (SSSR count). The number of anilines is 1. The number of carbonyl (C=O) groups is 1. The van der Waals surface area contributed by atoms with E-state index in [0.29, 0.717) is 10.0 Å². The third-order valence-corrected chi connectivity index (χ3v) is 5.27. The lowest BCUT2D eigenvalue weighted by molar-refractivity contribution is 0.0602. The SMILES string of the molecule is COC(=O)c1cc(Br)ccc1NS(=O)(=O)c1ccc(C)cc1C. The van der Waals surface area contributed by atoms with Crippen molar-refractivity contribution in [2.24, 2.45) is 0 Å². The standard InChI is InChI=1S/C16H16BrNO4S/c1-10-4-7-15(11(2)8-10)23(20,21)18-14-6-5-12(17)9-13(14)16(19)22-3/h4-9,18H,1-3H3. The Balaban J connectivity index is 2.47. The van der Waals surface area contributed by atoms with Crippen LogP contribution in [0, 0.1) is 13.8 Å². The summed E-state index contributed by atoms with van der Waals surface area (Å²) in [6.07, 6.45) is 0. The normalized spacial score (nSPS) is 11.1. The number of ether oxygens (including phenoxy) is 1. The highest BCUT2D eigenvalue weighted by Gasteiger charge is 2.21. The van der Waals surface area contributed by atoms with E-state index in [-0.39, 0.29) is 16.1 Å². The lowest BCUT2D eigenvalue weighted by Crippen LogP contribution is -2.17. The summed E-state index contributed by atoms with van der Waals surface area (Å²) in [6.45, 7) is 3.62. The number of nitrogens with one attached hydrogen (secondary N) is 1. The van der Waals surface area contributed by atoms with Crippen LogP contribution in [0.1, 0.15) is 21.5 Å². The van der Waals surface area contributed by atoms with E-state index in [2.05, 4.69) is 20.7 Å². The second-order valence-corrected chi connectivity index (χ2v) is 7.62. The first kappa shape index (κ1) is 17.5. The first-order chi connectivity index (χ1) is 10.7. The molecule has 0 radical (unpaired) electrons. The summed E-state index contributed by atoms with van der Waals surface area (Å²) >= 11 is 3.25. The molecule has 0 heterocycles. The minimum Gasteiger partial charge on any atom is -0.465 e. The molecule has 0 aliphatic heterocycles. The summed E-state index contributed by atoms with van der Waals surface area (Å²) in [5.74, 6) is -0.621. The summed E-state index contributed by atoms with van der Waals surface area (Å²) in [4.78, 5) is 12.0. The topological polar surface area (TPSA) is 72.5 Å². The predicted molar refractivity (Wildman–Crippen MR) is 92.2 cm³/mol. The van der Waals surface area contributed by atoms with Crippen LogP contribution >= 0.6 is 15.9 Å². The fourth-order valence-corrected chi connectivity index (χ4v) is 3.85. The maximum atomic E-state index is 12.6. The largest absolute Gasteiger partial charge is 0.465 e. The molecule has 0 spiro atoms. The minimum atomic E-state index is -3.81. The third kappa shape index (κ3) is 3.92. The number of hydrogen-bond donors (Lipinski definition) is 1. The van der Waals surface area contributed by atoms with Gasteiger partial charge in [0.15, 0.2) is 0 Å². The summed E-state index contributed by atoms with van der Waals surface area (Å²) in [7, 11) is -2.57. The number of rotatable bonds is 4. The van der Waals surface area contributed by atoms with Gasteiger partial charge in [0, 0.05) is 4.47 Å². The summed E-state index contributed by atoms with van der Waals surface area (Å²) in [5, 5.41) is 0. The van der Waals surface area contributed by atoms with Gasteiger partial charge < -0.3 is 4.74 Å². The fraction of sp³-hybridized carbons (Fsp3) is 0.188. The molecule has 2 aromatic carbocycles. The second kappa shape index (κ2) is 6.72. The van der Waals surface area contributed by atoms with Gasteiger partial charge in [-0.3, -0.25) is 4.72 Å². The molecule has 0 aliphatic rings. The number of esters is 1. The molecule has 23 heavy (non-hydrogen) atoms. The molecule has 0 aliphatic carbocycles. The van der Waals surface area contributed by atoms with E-state index in [4.69, 9.17) is 4.74 Å². The number of sulfonamides is 1. The lowest BCUT2D eigenvalue weighted by atomic mass is 10.2. The molecule has 0 bridgehead atoms. The quantitative estimate of drug-likeness (QED) is 0.798. The highest BCUT2D eigenvalue weighted by Crippen LogP contribution is 2.26. The number of benzene rings is 2. The molecule has 7 heteroatoms. The van der Waals surface area contributed by atoms with Gasteiger partial charge >= 0.3 is 5.97 Å². The first-order valence-electron chi connectivity index (χ1n) is 6.72. The van der Waals surface area contributed by atoms with Gasteiger partial charge in [0.25, 0.3) is 10.0 Å². The zero-order chi connectivity index (χ0) is 17.2. The van der Waals surface area contributed by atoms with Crippen molar-refractivity contribution in [3.8, 4) is 0 Å². The van der Waals surface area contributed by atoms with Crippen LogP contribution in [-0.4, -0.2) is 21.5 Å². The zero-order valence-electron chi connectivity index (χ0n) is 12.9. The Bertz CT molecular complexity index is 862. The van der Waals surface area contributed by atoms with Crippen molar-refractivity contribution in [2.45, 2.75) is 18.7 Å². The van der Waals surface area contributed by atoms with Crippen LogP contribution in [0.4, 0.5) is 5.69 Å². The van der Waals surface area contributed by atoms with Gasteiger partial charge in [-0.1, -0.05) is 33.6 Å². The highest BCUT2D eigenvalue weighted by molar-refractivity contribution is 9.10. The number of methoxy groups -OCH3 is 1. The average Bonchev–Trinajstić information content (AvgIpc) is 2.47. The Morgan fingerprint density at radius 1 is 1.13 bits per heavy atom. The molecule has 0 saturated heterocycles. The van der Waals surface area contributed by atoms with E-state index in [1.807, 2.05) is 6.92 Å². The monoisotopic (exact) mass is 397 g/mol. The van der Waals surface area contributed by atoms with Crippen LogP contribution in [0.5, 0.6) is 0 Å². The van der Waals surface area contributed by atoms with Gasteiger partial charge in [-0.25, -0.2) is 13.2 Å². The van der Waals surface area contributed by atoms with Gasteiger partial charge in [-0.2, -0.15) is 0 Å². The Labute approximate surface area is 143 Å². The van der Waals surface area contributed by atoms with Crippen molar-refractivity contribution in [2.75, 3.05) is 11.8 Å². The maximum absolute atomic E-state index is 12.6. The van der Waals surface area contributed by atoms with Crippen molar-refractivity contribution in [3.05, 3.63) is 57.6 Å². The molecule has 0 amide bonds. The highest BCUT2D eigenvalue weighted by atomic mass is 79.9. The van der Waals surface area contributed by atoms with Crippen LogP contribution in [0.15, 0.2) is 45.8 Å². The van der Waals surface area contributed by atoms with Crippen LogP contribution in [0.3, 0.4) is 0 Å². The molecule has 2 aromatic rings. The Hall–Kier alpha value is -1.86. The molecular weight excluding hydrogens is 382 g/mol. The van der Waals surface area contributed by atoms with Gasteiger partial charge in [0.1, 0.15) is 0 Å². The maximum Gasteiger partial charge on any atom is 0.340 e. The fourth-order valence-electron chi connectivity index (χ4n) is 2.18. The average molecular weight is 398 g/mol. The summed E-state index contributed by atoms with van der Waals surface area (Å²) in [6, 6.07) is 9.72. The summed E-state index contributed by atoms with van der Waals surface area (Å²) < 4.78 is 33.0. The number of carbonyl (C=O) groups excluding carboxylic acids is 1. The van der Waals surface area contributed by atoms with Crippen LogP contribution in [0.25, 0.3) is 0 Å². The lowest BCUT2D eigenvalue weighted by Gasteiger charge is -2.13. The van der Waals surface area contributed by atoms with Crippen molar-refractivity contribution < 1.29 is 17.9 Å². The summed E-state index contributed by atoms with van der Waals surface area (Å²) in [5.41, 5.74) is 1.91. The predicted octanol–water partition coefficient (Wildman–Crippen LogP) is 3.65. The van der Waals surface area contributed by atoms with Gasteiger partial charge in [-0.05, 0) is 43.7 Å². The van der Waals surface area contributed by atoms with E-state index < -0.39 is 16.0 Å². The van der Waals surface area contributed by atoms with Gasteiger partial charge in [0.05, 0.1) is 23.3 Å². The molecule has 122 valence electrons. The van der Waals surface area contributed by atoms with E-state index >= 15 is 0 Å². The molecule has 1 N–H and O–H groups in total. The molecular formula is C16H16BrNO4S. The van der Waals surface area contributed by atoms with Gasteiger partial charge in [0.2, 0.25) is 0 Å². The molecule has 0 atom stereocenters. The Morgan fingerprint density at radius 2 is 1.83 bits per heavy atom. The second-order valence-electron chi connectivity index (χ2n) is 5.06. The van der Waals surface area contributed by atoms with Crippen molar-refractivity contribution >= 4 is 37.6 Å². The smallest absolute Gasteiger partial charge is 0.340 e. The first-order valence-corrected chi connectivity index (χ1v) is 9.00. The Morgan fingerprint density at radius 3 is 2.43 bits per heavy atom.